The summed E-state index contributed by atoms with van der Waals surface area (Å²) in [7, 11) is 0. The molecule has 0 bridgehead atoms. The van der Waals surface area contributed by atoms with Crippen LogP contribution < -0.4 is 5.32 Å². The largest absolute Gasteiger partial charge is 0.306 e. The van der Waals surface area contributed by atoms with E-state index in [1.165, 1.54) is 31.2 Å². The van der Waals surface area contributed by atoms with Crippen molar-refractivity contribution in [2.24, 2.45) is 0 Å². The van der Waals surface area contributed by atoms with Crippen LogP contribution in [0.25, 0.3) is 0 Å². The van der Waals surface area contributed by atoms with Gasteiger partial charge in [0.05, 0.1) is 6.04 Å². The summed E-state index contributed by atoms with van der Waals surface area (Å²) in [6, 6.07) is 6.28. The third-order valence-electron chi connectivity index (χ3n) is 3.39. The van der Waals surface area contributed by atoms with Gasteiger partial charge in [-0.1, -0.05) is 13.0 Å². The highest BCUT2D eigenvalue weighted by molar-refractivity contribution is 5.37. The molecule has 1 unspecified atom stereocenters. The number of nitrogens with one attached hydrogen (secondary N) is 1. The summed E-state index contributed by atoms with van der Waals surface area (Å²) in [6.07, 6.45) is 0. The number of aryl methyl sites for hydroxylation is 2. The van der Waals surface area contributed by atoms with Crippen LogP contribution in [0, 0.1) is 31.3 Å². The SMILES string of the molecule is CCNC(c1cc(C)cc(F)c1)c1cc(F)c(C)cc1F. The lowest BCUT2D eigenvalue weighted by Crippen LogP contribution is -2.23. The lowest BCUT2D eigenvalue weighted by molar-refractivity contribution is 0.538. The van der Waals surface area contributed by atoms with Crippen LogP contribution in [0.5, 0.6) is 0 Å². The molecule has 21 heavy (non-hydrogen) atoms. The van der Waals surface area contributed by atoms with E-state index in [1.807, 2.05) is 6.92 Å². The van der Waals surface area contributed by atoms with Crippen LogP contribution in [0.3, 0.4) is 0 Å². The number of hydrogen-bond acceptors (Lipinski definition) is 1. The van der Waals surface area contributed by atoms with E-state index in [-0.39, 0.29) is 16.9 Å². The van der Waals surface area contributed by atoms with Crippen LogP contribution in [-0.2, 0) is 0 Å². The number of rotatable bonds is 4. The Balaban J connectivity index is 2.55. The quantitative estimate of drug-likeness (QED) is 0.880. The highest BCUT2D eigenvalue weighted by Crippen LogP contribution is 2.27. The molecular weight excluding hydrogens is 275 g/mol. The van der Waals surface area contributed by atoms with E-state index in [4.69, 9.17) is 0 Å². The average Bonchev–Trinajstić information content (AvgIpc) is 2.39. The summed E-state index contributed by atoms with van der Waals surface area (Å²) < 4.78 is 41.5. The Labute approximate surface area is 122 Å². The summed E-state index contributed by atoms with van der Waals surface area (Å²) in [5.41, 5.74) is 1.75. The molecule has 0 aliphatic rings. The van der Waals surface area contributed by atoms with Crippen molar-refractivity contribution in [2.45, 2.75) is 26.8 Å². The second kappa shape index (κ2) is 6.31. The van der Waals surface area contributed by atoms with E-state index in [0.717, 1.165) is 5.56 Å². The highest BCUT2D eigenvalue weighted by atomic mass is 19.1. The summed E-state index contributed by atoms with van der Waals surface area (Å²) in [5.74, 6) is -1.36. The molecule has 0 spiro atoms. The first-order chi connectivity index (χ1) is 9.92. The Morgan fingerprint density at radius 2 is 1.67 bits per heavy atom. The second-order valence-corrected chi connectivity index (χ2v) is 5.18. The fourth-order valence-electron chi connectivity index (χ4n) is 2.43. The van der Waals surface area contributed by atoms with E-state index < -0.39 is 17.7 Å². The molecule has 2 aromatic carbocycles. The molecule has 2 aromatic rings. The Kier molecular flexibility index (Phi) is 4.68. The van der Waals surface area contributed by atoms with Crippen molar-refractivity contribution in [3.05, 3.63) is 70.0 Å². The summed E-state index contributed by atoms with van der Waals surface area (Å²) in [5, 5.41) is 3.08. The molecule has 0 fully saturated rings. The summed E-state index contributed by atoms with van der Waals surface area (Å²) >= 11 is 0. The summed E-state index contributed by atoms with van der Waals surface area (Å²) in [4.78, 5) is 0. The third kappa shape index (κ3) is 3.45. The number of halogens is 3. The molecule has 0 saturated carbocycles. The molecule has 112 valence electrons. The first-order valence-electron chi connectivity index (χ1n) is 6.88. The van der Waals surface area contributed by atoms with Crippen LogP contribution in [0.15, 0.2) is 30.3 Å². The minimum Gasteiger partial charge on any atom is -0.306 e. The van der Waals surface area contributed by atoms with Gasteiger partial charge in [-0.05, 0) is 61.3 Å². The second-order valence-electron chi connectivity index (χ2n) is 5.18. The van der Waals surface area contributed by atoms with Gasteiger partial charge in [-0.2, -0.15) is 0 Å². The first-order valence-corrected chi connectivity index (χ1v) is 6.88. The van der Waals surface area contributed by atoms with Gasteiger partial charge in [0.1, 0.15) is 17.5 Å². The zero-order valence-electron chi connectivity index (χ0n) is 12.3. The number of benzene rings is 2. The van der Waals surface area contributed by atoms with Gasteiger partial charge in [0.25, 0.3) is 0 Å². The molecule has 2 rings (SSSR count). The van der Waals surface area contributed by atoms with Crippen molar-refractivity contribution in [2.75, 3.05) is 6.54 Å². The Bertz CT molecular complexity index is 632. The minimum atomic E-state index is -0.584. The van der Waals surface area contributed by atoms with Gasteiger partial charge < -0.3 is 5.32 Å². The Hall–Kier alpha value is -1.81. The standard InChI is InChI=1S/C17H18F3N/c1-4-21-17(12-5-10(2)6-13(18)8-12)14-9-15(19)11(3)7-16(14)20/h5-9,17,21H,4H2,1-3H3. The molecule has 4 heteroatoms. The average molecular weight is 293 g/mol. The van der Waals surface area contributed by atoms with Gasteiger partial charge in [0, 0.05) is 5.56 Å². The van der Waals surface area contributed by atoms with Crippen LogP contribution in [0.2, 0.25) is 0 Å². The van der Waals surface area contributed by atoms with Crippen LogP contribution in [-0.4, -0.2) is 6.54 Å². The topological polar surface area (TPSA) is 12.0 Å². The molecule has 0 amide bonds. The predicted octanol–water partition coefficient (Wildman–Crippen LogP) is 4.42. The van der Waals surface area contributed by atoms with Crippen LogP contribution in [0.1, 0.15) is 35.2 Å². The molecule has 0 aliphatic heterocycles. The molecule has 1 atom stereocenters. The Morgan fingerprint density at radius 1 is 0.952 bits per heavy atom. The maximum Gasteiger partial charge on any atom is 0.128 e. The predicted molar refractivity (Wildman–Crippen MR) is 77.8 cm³/mol. The summed E-state index contributed by atoms with van der Waals surface area (Å²) in [6.45, 7) is 5.69. The minimum absolute atomic E-state index is 0.185. The normalized spacial score (nSPS) is 12.5. The van der Waals surface area contributed by atoms with E-state index >= 15 is 0 Å². The van der Waals surface area contributed by atoms with Gasteiger partial charge in [0.2, 0.25) is 0 Å². The lowest BCUT2D eigenvalue weighted by atomic mass is 9.95. The molecular formula is C17H18F3N. The maximum absolute atomic E-state index is 14.2. The van der Waals surface area contributed by atoms with E-state index in [1.54, 1.807) is 13.0 Å². The highest BCUT2D eigenvalue weighted by Gasteiger charge is 2.19. The molecule has 0 aromatic heterocycles. The molecule has 0 heterocycles. The molecule has 0 aliphatic carbocycles. The van der Waals surface area contributed by atoms with Crippen LogP contribution >= 0.6 is 0 Å². The van der Waals surface area contributed by atoms with E-state index in [9.17, 15) is 13.2 Å². The first kappa shape index (κ1) is 15.6. The van der Waals surface area contributed by atoms with Crippen molar-refractivity contribution in [3.8, 4) is 0 Å². The van der Waals surface area contributed by atoms with Crippen molar-refractivity contribution >= 4 is 0 Å². The van der Waals surface area contributed by atoms with Gasteiger partial charge in [-0.25, -0.2) is 13.2 Å². The molecule has 0 radical (unpaired) electrons. The van der Waals surface area contributed by atoms with Gasteiger partial charge in [-0.3, -0.25) is 0 Å². The molecule has 1 nitrogen and oxygen atoms in total. The fourth-order valence-corrected chi connectivity index (χ4v) is 2.43. The monoisotopic (exact) mass is 293 g/mol. The van der Waals surface area contributed by atoms with Crippen molar-refractivity contribution < 1.29 is 13.2 Å². The number of hydrogen-bond donors (Lipinski definition) is 1. The van der Waals surface area contributed by atoms with E-state index in [2.05, 4.69) is 5.32 Å². The van der Waals surface area contributed by atoms with Gasteiger partial charge in [0.15, 0.2) is 0 Å². The maximum atomic E-state index is 14.2. The third-order valence-corrected chi connectivity index (χ3v) is 3.39. The van der Waals surface area contributed by atoms with Crippen molar-refractivity contribution in [1.29, 1.82) is 0 Å². The molecule has 1 N–H and O–H groups in total. The zero-order valence-corrected chi connectivity index (χ0v) is 12.3. The zero-order chi connectivity index (χ0) is 15.6. The lowest BCUT2D eigenvalue weighted by Gasteiger charge is -2.20. The smallest absolute Gasteiger partial charge is 0.128 e. The molecule has 0 saturated heterocycles. The van der Waals surface area contributed by atoms with Crippen molar-refractivity contribution in [1.82, 2.24) is 5.32 Å². The fraction of sp³-hybridized carbons (Fsp3) is 0.294. The Morgan fingerprint density at radius 3 is 2.29 bits per heavy atom. The van der Waals surface area contributed by atoms with E-state index in [0.29, 0.717) is 12.1 Å². The van der Waals surface area contributed by atoms with Crippen molar-refractivity contribution in [3.63, 3.8) is 0 Å². The van der Waals surface area contributed by atoms with Crippen LogP contribution in [0.4, 0.5) is 13.2 Å². The van der Waals surface area contributed by atoms with Gasteiger partial charge in [-0.15, -0.1) is 0 Å². The van der Waals surface area contributed by atoms with Gasteiger partial charge >= 0.3 is 0 Å².